The summed E-state index contributed by atoms with van der Waals surface area (Å²) in [6.45, 7) is 6.73. The number of nitrogens with zero attached hydrogens (tertiary/aromatic N) is 2. The van der Waals surface area contributed by atoms with Crippen LogP contribution in [0.4, 0.5) is 4.39 Å². The first-order chi connectivity index (χ1) is 11.7. The van der Waals surface area contributed by atoms with Crippen molar-refractivity contribution >= 4 is 0 Å². The molecule has 0 saturated carbocycles. The molecule has 2 atom stereocenters. The fourth-order valence-corrected chi connectivity index (χ4v) is 3.25. The Hall–Kier alpha value is -1.21. The van der Waals surface area contributed by atoms with E-state index in [-0.39, 0.29) is 0 Å². The van der Waals surface area contributed by atoms with Gasteiger partial charge < -0.3 is 14.6 Å². The van der Waals surface area contributed by atoms with Crippen LogP contribution in [0, 0.1) is 0 Å². The molecule has 24 heavy (non-hydrogen) atoms. The Labute approximate surface area is 143 Å². The fourth-order valence-electron chi connectivity index (χ4n) is 3.25. The summed E-state index contributed by atoms with van der Waals surface area (Å²) < 4.78 is 24.6. The van der Waals surface area contributed by atoms with Crippen molar-refractivity contribution in [2.75, 3.05) is 52.5 Å². The lowest BCUT2D eigenvalue weighted by atomic mass is 10.2. The molecule has 3 rings (SSSR count). The Morgan fingerprint density at radius 3 is 2.79 bits per heavy atom. The summed E-state index contributed by atoms with van der Waals surface area (Å²) in [5, 5.41) is 9.50. The van der Waals surface area contributed by atoms with Crippen LogP contribution in [0.1, 0.15) is 12.0 Å². The highest BCUT2D eigenvalue weighted by Gasteiger charge is 2.30. The number of morpholine rings is 1. The molecule has 2 aliphatic heterocycles. The van der Waals surface area contributed by atoms with Crippen molar-refractivity contribution < 1.29 is 19.0 Å². The molecule has 2 fully saturated rings. The summed E-state index contributed by atoms with van der Waals surface area (Å²) in [5.41, 5.74) is 1.09. The third-order valence-electron chi connectivity index (χ3n) is 4.59. The van der Waals surface area contributed by atoms with E-state index in [1.807, 2.05) is 29.2 Å². The van der Waals surface area contributed by atoms with Crippen LogP contribution < -0.4 is 4.74 Å². The van der Waals surface area contributed by atoms with Crippen LogP contribution in [0.2, 0.25) is 0 Å². The van der Waals surface area contributed by atoms with E-state index in [9.17, 15) is 9.50 Å². The fraction of sp³-hybridized carbons (Fsp3) is 0.667. The quantitative estimate of drug-likeness (QED) is 0.760. The number of aliphatic hydroxyl groups is 1. The Morgan fingerprint density at radius 2 is 2.04 bits per heavy atom. The first kappa shape index (κ1) is 17.6. The number of hydrogen-bond donors (Lipinski definition) is 1. The van der Waals surface area contributed by atoms with Gasteiger partial charge in [0, 0.05) is 39.3 Å². The Morgan fingerprint density at radius 1 is 1.21 bits per heavy atom. The smallest absolute Gasteiger partial charge is 0.140 e. The average Bonchev–Trinajstić information content (AvgIpc) is 2.90. The molecule has 0 radical (unpaired) electrons. The third kappa shape index (κ3) is 5.14. The maximum Gasteiger partial charge on any atom is 0.140 e. The number of β-amino-alcohol motifs (C(OH)–C–C–N with tert-alkyl or cyclic N) is 1. The van der Waals surface area contributed by atoms with Crippen LogP contribution in [-0.2, 0) is 11.3 Å². The molecule has 0 unspecified atom stereocenters. The molecule has 2 saturated heterocycles. The first-order valence-electron chi connectivity index (χ1n) is 8.77. The van der Waals surface area contributed by atoms with Gasteiger partial charge in [-0.3, -0.25) is 9.80 Å². The van der Waals surface area contributed by atoms with Gasteiger partial charge in [0.25, 0.3) is 0 Å². The summed E-state index contributed by atoms with van der Waals surface area (Å²) >= 11 is 0. The van der Waals surface area contributed by atoms with E-state index in [0.29, 0.717) is 26.2 Å². The van der Waals surface area contributed by atoms with Gasteiger partial charge in [-0.1, -0.05) is 12.1 Å². The predicted molar refractivity (Wildman–Crippen MR) is 90.0 cm³/mol. The molecule has 1 N–H and O–H groups in total. The number of benzene rings is 1. The molecule has 0 bridgehead atoms. The number of hydrogen-bond acceptors (Lipinski definition) is 5. The molecule has 6 heteroatoms. The van der Waals surface area contributed by atoms with E-state index >= 15 is 0 Å². The number of alkyl halides is 1. The summed E-state index contributed by atoms with van der Waals surface area (Å²) in [5.74, 6) is 0.853. The van der Waals surface area contributed by atoms with Crippen molar-refractivity contribution in [2.45, 2.75) is 25.2 Å². The van der Waals surface area contributed by atoms with Crippen molar-refractivity contribution in [3.8, 4) is 5.75 Å². The van der Waals surface area contributed by atoms with Gasteiger partial charge in [-0.25, -0.2) is 4.39 Å². The Kier molecular flexibility index (Phi) is 6.43. The van der Waals surface area contributed by atoms with Gasteiger partial charge >= 0.3 is 0 Å². The van der Waals surface area contributed by atoms with Gasteiger partial charge in [0.15, 0.2) is 0 Å². The summed E-state index contributed by atoms with van der Waals surface area (Å²) in [6.07, 6.45) is -0.999. The lowest BCUT2D eigenvalue weighted by molar-refractivity contribution is 0.0358. The maximum atomic E-state index is 13.4. The molecule has 2 aliphatic rings. The molecule has 0 spiro atoms. The highest BCUT2D eigenvalue weighted by molar-refractivity contribution is 5.28. The van der Waals surface area contributed by atoms with Crippen LogP contribution in [0.5, 0.6) is 5.75 Å². The largest absolute Gasteiger partial charge is 0.494 e. The molecule has 0 amide bonds. The molecule has 2 heterocycles. The van der Waals surface area contributed by atoms with E-state index in [0.717, 1.165) is 50.6 Å². The zero-order valence-corrected chi connectivity index (χ0v) is 14.1. The van der Waals surface area contributed by atoms with Crippen molar-refractivity contribution in [1.29, 1.82) is 0 Å². The lowest BCUT2D eigenvalue weighted by Gasteiger charge is -2.26. The van der Waals surface area contributed by atoms with Gasteiger partial charge in [0.2, 0.25) is 0 Å². The Balaban J connectivity index is 1.40. The third-order valence-corrected chi connectivity index (χ3v) is 4.59. The van der Waals surface area contributed by atoms with Crippen LogP contribution in [-0.4, -0.2) is 79.7 Å². The van der Waals surface area contributed by atoms with Gasteiger partial charge in [0.1, 0.15) is 11.9 Å². The lowest BCUT2D eigenvalue weighted by Crippen LogP contribution is -2.37. The number of halogens is 1. The summed E-state index contributed by atoms with van der Waals surface area (Å²) in [4.78, 5) is 4.34. The van der Waals surface area contributed by atoms with Crippen molar-refractivity contribution in [2.24, 2.45) is 0 Å². The molecule has 134 valence electrons. The SMILES string of the molecule is O[C@@H]1CN(Cc2cccc(OCCCN3CCOCC3)c2)C[C@H]1F. The van der Waals surface area contributed by atoms with Gasteiger partial charge in [-0.2, -0.15) is 0 Å². The minimum absolute atomic E-state index is 0.297. The van der Waals surface area contributed by atoms with Crippen LogP contribution >= 0.6 is 0 Å². The minimum Gasteiger partial charge on any atom is -0.494 e. The zero-order chi connectivity index (χ0) is 16.8. The van der Waals surface area contributed by atoms with E-state index in [1.54, 1.807) is 0 Å². The minimum atomic E-state index is -1.13. The predicted octanol–water partition coefficient (Wildman–Crippen LogP) is 1.30. The highest BCUT2D eigenvalue weighted by Crippen LogP contribution is 2.19. The van der Waals surface area contributed by atoms with Crippen molar-refractivity contribution in [3.63, 3.8) is 0 Å². The zero-order valence-electron chi connectivity index (χ0n) is 14.1. The molecule has 0 aliphatic carbocycles. The molecule has 5 nitrogen and oxygen atoms in total. The van der Waals surface area contributed by atoms with Crippen LogP contribution in [0.15, 0.2) is 24.3 Å². The number of ether oxygens (including phenoxy) is 2. The van der Waals surface area contributed by atoms with Crippen LogP contribution in [0.3, 0.4) is 0 Å². The second-order valence-corrected chi connectivity index (χ2v) is 6.58. The van der Waals surface area contributed by atoms with E-state index in [1.165, 1.54) is 0 Å². The highest BCUT2D eigenvalue weighted by atomic mass is 19.1. The van der Waals surface area contributed by atoms with Gasteiger partial charge in [-0.15, -0.1) is 0 Å². The molecular weight excluding hydrogens is 311 g/mol. The van der Waals surface area contributed by atoms with E-state index in [4.69, 9.17) is 9.47 Å². The van der Waals surface area contributed by atoms with Crippen molar-refractivity contribution in [3.05, 3.63) is 29.8 Å². The van der Waals surface area contributed by atoms with Gasteiger partial charge in [-0.05, 0) is 24.1 Å². The topological polar surface area (TPSA) is 45.2 Å². The monoisotopic (exact) mass is 338 g/mol. The van der Waals surface area contributed by atoms with E-state index < -0.39 is 12.3 Å². The summed E-state index contributed by atoms with van der Waals surface area (Å²) in [7, 11) is 0. The molecular formula is C18H27FN2O3. The normalized spacial score (nSPS) is 25.9. The van der Waals surface area contributed by atoms with E-state index in [2.05, 4.69) is 4.90 Å². The van der Waals surface area contributed by atoms with Gasteiger partial charge in [0.05, 0.1) is 25.9 Å². The number of likely N-dealkylation sites (tertiary alicyclic amines) is 1. The molecule has 1 aromatic carbocycles. The van der Waals surface area contributed by atoms with Crippen LogP contribution in [0.25, 0.3) is 0 Å². The second-order valence-electron chi connectivity index (χ2n) is 6.58. The number of aliphatic hydroxyl groups excluding tert-OH is 1. The molecule has 0 aromatic heterocycles. The number of rotatable bonds is 7. The Bertz CT molecular complexity index is 501. The van der Waals surface area contributed by atoms with Crippen molar-refractivity contribution in [1.82, 2.24) is 9.80 Å². The molecule has 1 aromatic rings. The average molecular weight is 338 g/mol. The second kappa shape index (κ2) is 8.76. The summed E-state index contributed by atoms with van der Waals surface area (Å²) in [6, 6.07) is 7.94. The first-order valence-corrected chi connectivity index (χ1v) is 8.77. The standard InChI is InChI=1S/C18H27FN2O3/c19-17-13-21(14-18(17)22)12-15-3-1-4-16(11-15)24-8-2-5-20-6-9-23-10-7-20/h1,3-4,11,17-18,22H,2,5-10,12-14H2/t17-,18-/m1/s1. The maximum absolute atomic E-state index is 13.4.